The van der Waals surface area contributed by atoms with Crippen LogP contribution in [0, 0.1) is 17.1 Å². The fourth-order valence-electron chi connectivity index (χ4n) is 2.70. The molecular formula is C19H13ClFN3O4. The van der Waals surface area contributed by atoms with Crippen LogP contribution in [0.1, 0.15) is 30.0 Å². The summed E-state index contributed by atoms with van der Waals surface area (Å²) in [6.07, 6.45) is 0. The third-order valence-electron chi connectivity index (χ3n) is 3.76. The van der Waals surface area contributed by atoms with Crippen LogP contribution in [-0.2, 0) is 9.53 Å². The first-order valence-corrected chi connectivity index (χ1v) is 8.51. The quantitative estimate of drug-likeness (QED) is 0.617. The number of rotatable bonds is 4. The molecule has 2 aromatic heterocycles. The van der Waals surface area contributed by atoms with E-state index >= 15 is 0 Å². The van der Waals surface area contributed by atoms with Gasteiger partial charge >= 0.3 is 11.9 Å². The van der Waals surface area contributed by atoms with Crippen molar-refractivity contribution in [3.05, 3.63) is 52.6 Å². The van der Waals surface area contributed by atoms with Gasteiger partial charge < -0.3 is 9.47 Å². The monoisotopic (exact) mass is 401 g/mol. The van der Waals surface area contributed by atoms with E-state index in [1.165, 1.54) is 41.8 Å². The van der Waals surface area contributed by atoms with Crippen molar-refractivity contribution in [2.75, 3.05) is 6.61 Å². The first-order chi connectivity index (χ1) is 13.4. The molecule has 0 unspecified atom stereocenters. The van der Waals surface area contributed by atoms with Crippen LogP contribution >= 0.6 is 11.6 Å². The van der Waals surface area contributed by atoms with Gasteiger partial charge in [-0.15, -0.1) is 0 Å². The number of carbonyl (C=O) groups is 2. The molecule has 3 aromatic rings. The van der Waals surface area contributed by atoms with Crippen LogP contribution < -0.4 is 4.74 Å². The first-order valence-electron chi connectivity index (χ1n) is 8.13. The van der Waals surface area contributed by atoms with Crippen LogP contribution in [0.25, 0.3) is 16.6 Å². The van der Waals surface area contributed by atoms with Gasteiger partial charge in [0.2, 0.25) is 5.88 Å². The van der Waals surface area contributed by atoms with Crippen molar-refractivity contribution < 1.29 is 23.5 Å². The summed E-state index contributed by atoms with van der Waals surface area (Å²) in [6.45, 7) is 2.96. The zero-order valence-corrected chi connectivity index (χ0v) is 15.6. The van der Waals surface area contributed by atoms with Crippen LogP contribution in [-0.4, -0.2) is 28.1 Å². The van der Waals surface area contributed by atoms with E-state index in [-0.39, 0.29) is 39.8 Å². The van der Waals surface area contributed by atoms with E-state index in [1.807, 2.05) is 6.07 Å². The van der Waals surface area contributed by atoms with E-state index in [0.717, 1.165) is 0 Å². The second-order valence-corrected chi connectivity index (χ2v) is 5.99. The van der Waals surface area contributed by atoms with Gasteiger partial charge in [0.15, 0.2) is 11.4 Å². The maximum Gasteiger partial charge on any atom is 0.356 e. The van der Waals surface area contributed by atoms with E-state index in [9.17, 15) is 19.2 Å². The fraction of sp³-hybridized carbons (Fsp3) is 0.158. The maximum absolute atomic E-state index is 13.4. The molecular weight excluding hydrogens is 389 g/mol. The first kappa shape index (κ1) is 19.3. The number of carbonyl (C=O) groups excluding carboxylic acids is 2. The number of aromatic nitrogens is 2. The highest BCUT2D eigenvalue weighted by Crippen LogP contribution is 2.40. The third kappa shape index (κ3) is 3.40. The molecule has 1 aromatic carbocycles. The minimum absolute atomic E-state index is 0.000950. The molecule has 0 spiro atoms. The molecule has 0 saturated carbocycles. The van der Waals surface area contributed by atoms with Crippen molar-refractivity contribution in [1.82, 2.24) is 9.55 Å². The molecule has 0 amide bonds. The van der Waals surface area contributed by atoms with Gasteiger partial charge in [-0.1, -0.05) is 11.6 Å². The average Bonchev–Trinajstić information content (AvgIpc) is 2.93. The van der Waals surface area contributed by atoms with Crippen LogP contribution in [0.5, 0.6) is 5.88 Å². The van der Waals surface area contributed by atoms with Crippen LogP contribution in [0.15, 0.2) is 30.3 Å². The van der Waals surface area contributed by atoms with Gasteiger partial charge in [-0.3, -0.25) is 9.36 Å². The molecule has 0 atom stereocenters. The number of hydrogen-bond donors (Lipinski definition) is 0. The Morgan fingerprint density at radius 3 is 2.57 bits per heavy atom. The normalized spacial score (nSPS) is 10.5. The second-order valence-electron chi connectivity index (χ2n) is 5.61. The summed E-state index contributed by atoms with van der Waals surface area (Å²) >= 11 is 6.41. The molecule has 0 radical (unpaired) electrons. The van der Waals surface area contributed by atoms with Crippen molar-refractivity contribution >= 4 is 34.4 Å². The summed E-state index contributed by atoms with van der Waals surface area (Å²) in [5.41, 5.74) is 0.351. The molecule has 0 bridgehead atoms. The number of esters is 2. The molecule has 28 heavy (non-hydrogen) atoms. The van der Waals surface area contributed by atoms with Crippen LogP contribution in [0.3, 0.4) is 0 Å². The van der Waals surface area contributed by atoms with Crippen molar-refractivity contribution in [2.24, 2.45) is 0 Å². The molecule has 2 heterocycles. The Kier molecular flexibility index (Phi) is 5.29. The highest BCUT2D eigenvalue weighted by Gasteiger charge is 2.25. The SMILES string of the molecule is CCOC(=O)c1cc2c(Cl)c(OC(C)=O)n(-c3ccc(F)cc3)c2c(C#N)n1. The van der Waals surface area contributed by atoms with E-state index in [4.69, 9.17) is 21.1 Å². The van der Waals surface area contributed by atoms with Crippen LogP contribution in [0.4, 0.5) is 4.39 Å². The number of ether oxygens (including phenoxy) is 2. The summed E-state index contributed by atoms with van der Waals surface area (Å²) in [6, 6.07) is 8.53. The molecule has 0 aliphatic rings. The standard InChI is InChI=1S/C19H13ClFN3O4/c1-3-27-19(26)14-8-13-16(20)18(28-10(2)25)24(17(13)15(9-22)23-14)12-6-4-11(21)5-7-12/h4-8H,3H2,1-2H3. The highest BCUT2D eigenvalue weighted by molar-refractivity contribution is 6.37. The number of nitrogens with zero attached hydrogens (tertiary/aromatic N) is 3. The van der Waals surface area contributed by atoms with Gasteiger partial charge in [0.25, 0.3) is 0 Å². The minimum atomic E-state index is -0.722. The lowest BCUT2D eigenvalue weighted by molar-refractivity contribution is -0.132. The Bertz CT molecular complexity index is 1130. The van der Waals surface area contributed by atoms with Gasteiger partial charge in [0, 0.05) is 18.0 Å². The van der Waals surface area contributed by atoms with Gasteiger partial charge in [0.05, 0.1) is 12.1 Å². The average molecular weight is 402 g/mol. The maximum atomic E-state index is 13.4. The molecule has 0 aliphatic carbocycles. The van der Waals surface area contributed by atoms with E-state index < -0.39 is 17.8 Å². The molecule has 142 valence electrons. The number of pyridine rings is 1. The lowest BCUT2D eigenvalue weighted by Crippen LogP contribution is -2.09. The van der Waals surface area contributed by atoms with Gasteiger partial charge in [-0.2, -0.15) is 5.26 Å². The van der Waals surface area contributed by atoms with Crippen molar-refractivity contribution in [3.8, 4) is 17.6 Å². The van der Waals surface area contributed by atoms with E-state index in [1.54, 1.807) is 6.92 Å². The topological polar surface area (TPSA) is 94.2 Å². The van der Waals surface area contributed by atoms with Crippen molar-refractivity contribution in [2.45, 2.75) is 13.8 Å². The predicted octanol–water partition coefficient (Wildman–Crippen LogP) is 3.79. The summed E-state index contributed by atoms with van der Waals surface area (Å²) in [7, 11) is 0. The Morgan fingerprint density at radius 2 is 2.00 bits per heavy atom. The van der Waals surface area contributed by atoms with Gasteiger partial charge in [-0.25, -0.2) is 14.2 Å². The van der Waals surface area contributed by atoms with Gasteiger partial charge in [0.1, 0.15) is 16.9 Å². The molecule has 0 saturated heterocycles. The largest absolute Gasteiger partial charge is 0.461 e. The number of hydrogen-bond acceptors (Lipinski definition) is 6. The molecule has 0 fully saturated rings. The van der Waals surface area contributed by atoms with E-state index in [2.05, 4.69) is 4.98 Å². The fourth-order valence-corrected chi connectivity index (χ4v) is 2.96. The Hall–Kier alpha value is -3.44. The number of benzene rings is 1. The summed E-state index contributed by atoms with van der Waals surface area (Å²) < 4.78 is 24.9. The molecule has 3 rings (SSSR count). The van der Waals surface area contributed by atoms with E-state index in [0.29, 0.717) is 5.69 Å². The number of halogens is 2. The zero-order valence-electron chi connectivity index (χ0n) is 14.8. The second kappa shape index (κ2) is 7.66. The summed E-state index contributed by atoms with van der Waals surface area (Å²) in [5, 5.41) is 9.84. The highest BCUT2D eigenvalue weighted by atomic mass is 35.5. The van der Waals surface area contributed by atoms with Crippen molar-refractivity contribution in [3.63, 3.8) is 0 Å². The summed E-state index contributed by atoms with van der Waals surface area (Å²) in [4.78, 5) is 27.7. The van der Waals surface area contributed by atoms with Crippen LogP contribution in [0.2, 0.25) is 5.02 Å². The lowest BCUT2D eigenvalue weighted by atomic mass is 10.2. The Balaban J connectivity index is 2.39. The number of fused-ring (bicyclic) bond motifs is 1. The lowest BCUT2D eigenvalue weighted by Gasteiger charge is -2.11. The molecule has 0 aliphatic heterocycles. The third-order valence-corrected chi connectivity index (χ3v) is 4.12. The molecule has 7 nitrogen and oxygen atoms in total. The Labute approximate surface area is 163 Å². The van der Waals surface area contributed by atoms with Gasteiger partial charge in [-0.05, 0) is 37.3 Å². The Morgan fingerprint density at radius 1 is 1.32 bits per heavy atom. The minimum Gasteiger partial charge on any atom is -0.461 e. The number of nitriles is 1. The smallest absolute Gasteiger partial charge is 0.356 e. The zero-order chi connectivity index (χ0) is 20.4. The predicted molar refractivity (Wildman–Crippen MR) is 98.0 cm³/mol. The van der Waals surface area contributed by atoms with Crippen molar-refractivity contribution in [1.29, 1.82) is 5.26 Å². The molecule has 0 N–H and O–H groups in total. The molecule has 9 heteroatoms. The summed E-state index contributed by atoms with van der Waals surface area (Å²) in [5.74, 6) is -1.91.